The van der Waals surface area contributed by atoms with Gasteiger partial charge < -0.3 is 5.11 Å². The number of nitrogens with zero attached hydrogens (tertiary/aromatic N) is 1. The summed E-state index contributed by atoms with van der Waals surface area (Å²) in [5.41, 5.74) is 3.03. The van der Waals surface area contributed by atoms with E-state index in [0.717, 1.165) is 16.3 Å². The molecule has 2 amide bonds. The van der Waals surface area contributed by atoms with Crippen LogP contribution in [0.1, 0.15) is 31.2 Å². The first-order valence-electron chi connectivity index (χ1n) is 13.2. The van der Waals surface area contributed by atoms with Crippen LogP contribution in [0.5, 0.6) is 5.75 Å². The molecule has 1 saturated heterocycles. The van der Waals surface area contributed by atoms with E-state index < -0.39 is 23.7 Å². The number of para-hydroxylation sites is 1. The van der Waals surface area contributed by atoms with E-state index in [4.69, 9.17) is 0 Å². The highest BCUT2D eigenvalue weighted by atomic mass is 16.3. The third kappa shape index (κ3) is 3.27. The van der Waals surface area contributed by atoms with Gasteiger partial charge in [0.1, 0.15) is 5.75 Å². The number of amides is 2. The number of fused-ring (bicyclic) bond motifs is 4. The highest BCUT2D eigenvalue weighted by Gasteiger charge is 2.56. The molecule has 1 heterocycles. The van der Waals surface area contributed by atoms with Crippen molar-refractivity contribution in [2.45, 2.75) is 25.7 Å². The van der Waals surface area contributed by atoms with Crippen LogP contribution < -0.4 is 4.90 Å². The molecule has 4 unspecified atom stereocenters. The second-order valence-electron chi connectivity index (χ2n) is 10.8. The fourth-order valence-corrected chi connectivity index (χ4v) is 7.13. The van der Waals surface area contributed by atoms with Crippen molar-refractivity contribution in [1.82, 2.24) is 0 Å². The molecule has 7 rings (SSSR count). The minimum absolute atomic E-state index is 0.0282. The Labute approximate surface area is 224 Å². The maximum Gasteiger partial charge on any atom is 0.238 e. The minimum atomic E-state index is -0.694. The zero-order valence-electron chi connectivity index (χ0n) is 21.3. The molecule has 1 fully saturated rings. The molecule has 4 atom stereocenters. The molecule has 6 nitrogen and oxygen atoms in total. The first-order valence-corrected chi connectivity index (χ1v) is 13.2. The first kappa shape index (κ1) is 23.5. The molecule has 4 aliphatic rings. The number of rotatable bonds is 2. The fraction of sp³-hybridized carbons (Fsp3) is 0.212. The van der Waals surface area contributed by atoms with Gasteiger partial charge in [0.25, 0.3) is 0 Å². The van der Waals surface area contributed by atoms with Crippen molar-refractivity contribution in [3.8, 4) is 5.75 Å². The normalized spacial score (nSPS) is 26.3. The molecule has 192 valence electrons. The van der Waals surface area contributed by atoms with Crippen LogP contribution in [0, 0.1) is 17.8 Å². The topological polar surface area (TPSA) is 91.8 Å². The maximum atomic E-state index is 13.9. The molecule has 6 heteroatoms. The Kier molecular flexibility index (Phi) is 5.11. The summed E-state index contributed by atoms with van der Waals surface area (Å²) in [6, 6.07) is 20.0. The lowest BCUT2D eigenvalue weighted by Gasteiger charge is -2.42. The number of benzene rings is 3. The maximum absolute atomic E-state index is 13.9. The molecule has 1 aliphatic heterocycles. The summed E-state index contributed by atoms with van der Waals surface area (Å²) in [4.78, 5) is 55.8. The van der Waals surface area contributed by atoms with Gasteiger partial charge >= 0.3 is 0 Å². The number of hydrogen-bond acceptors (Lipinski definition) is 5. The van der Waals surface area contributed by atoms with E-state index in [-0.39, 0.29) is 35.6 Å². The molecule has 0 aromatic heterocycles. The highest BCUT2D eigenvalue weighted by Crippen LogP contribution is 2.57. The zero-order valence-corrected chi connectivity index (χ0v) is 21.3. The molecule has 0 spiro atoms. The van der Waals surface area contributed by atoms with Crippen molar-refractivity contribution >= 4 is 39.8 Å². The Balaban J connectivity index is 1.44. The van der Waals surface area contributed by atoms with Gasteiger partial charge in [0, 0.05) is 28.2 Å². The Morgan fingerprint density at radius 1 is 0.846 bits per heavy atom. The molecule has 0 bridgehead atoms. The fourth-order valence-electron chi connectivity index (χ4n) is 7.13. The van der Waals surface area contributed by atoms with Crippen LogP contribution >= 0.6 is 0 Å². The monoisotopic (exact) mass is 515 g/mol. The Bertz CT molecular complexity index is 1730. The average Bonchev–Trinajstić information content (AvgIpc) is 3.21. The van der Waals surface area contributed by atoms with E-state index in [1.807, 2.05) is 42.5 Å². The second-order valence-corrected chi connectivity index (χ2v) is 10.8. The second kappa shape index (κ2) is 8.46. The summed E-state index contributed by atoms with van der Waals surface area (Å²) in [6.07, 6.45) is 3.92. The van der Waals surface area contributed by atoms with Crippen molar-refractivity contribution in [3.05, 3.63) is 107 Å². The summed E-state index contributed by atoms with van der Waals surface area (Å²) in [6.45, 7) is 1.63. The van der Waals surface area contributed by atoms with Gasteiger partial charge in [-0.3, -0.25) is 24.1 Å². The van der Waals surface area contributed by atoms with Crippen LogP contribution in [-0.4, -0.2) is 28.5 Å². The van der Waals surface area contributed by atoms with Crippen LogP contribution in [0.2, 0.25) is 0 Å². The summed E-state index contributed by atoms with van der Waals surface area (Å²) >= 11 is 0. The molecular weight excluding hydrogens is 490 g/mol. The van der Waals surface area contributed by atoms with Gasteiger partial charge in [-0.25, -0.2) is 0 Å². The number of carbonyl (C=O) groups excluding carboxylic acids is 4. The SMILES string of the molecule is CC1=CC(=O)C2=C(CC3C(=CCC4C(=O)N(c5ccccc5)C(=O)C43)C2c2c(O)ccc3ccccc23)C1=O. The number of phenols is 1. The van der Waals surface area contributed by atoms with Crippen LogP contribution in [0.4, 0.5) is 5.69 Å². The molecule has 3 aromatic rings. The quantitative estimate of drug-likeness (QED) is 0.289. The van der Waals surface area contributed by atoms with Gasteiger partial charge in [0.2, 0.25) is 11.8 Å². The first-order chi connectivity index (χ1) is 18.9. The summed E-state index contributed by atoms with van der Waals surface area (Å²) < 4.78 is 0. The summed E-state index contributed by atoms with van der Waals surface area (Å²) in [5.74, 6) is -3.29. The van der Waals surface area contributed by atoms with Crippen molar-refractivity contribution in [2.24, 2.45) is 17.8 Å². The molecule has 39 heavy (non-hydrogen) atoms. The number of hydrogen-bond donors (Lipinski definition) is 1. The van der Waals surface area contributed by atoms with Crippen molar-refractivity contribution < 1.29 is 24.3 Å². The number of aromatic hydroxyl groups is 1. The largest absolute Gasteiger partial charge is 0.508 e. The third-order valence-electron chi connectivity index (χ3n) is 8.81. The van der Waals surface area contributed by atoms with Crippen molar-refractivity contribution in [1.29, 1.82) is 0 Å². The molecule has 0 radical (unpaired) electrons. The number of anilines is 1. The van der Waals surface area contributed by atoms with E-state index in [1.54, 1.807) is 37.3 Å². The molecule has 3 aliphatic carbocycles. The number of phenolic OH excluding ortho intramolecular Hbond substituents is 1. The van der Waals surface area contributed by atoms with Crippen LogP contribution in [0.15, 0.2) is 101 Å². The van der Waals surface area contributed by atoms with Gasteiger partial charge in [-0.05, 0) is 60.7 Å². The minimum Gasteiger partial charge on any atom is -0.508 e. The number of carbonyl (C=O) groups is 4. The van der Waals surface area contributed by atoms with Gasteiger partial charge in [-0.15, -0.1) is 0 Å². The van der Waals surface area contributed by atoms with Crippen molar-refractivity contribution in [3.63, 3.8) is 0 Å². The smallest absolute Gasteiger partial charge is 0.238 e. The standard InChI is InChI=1S/C33H25NO5/c1-17-15-26(36)29-24(31(17)37)16-23-21(30(29)28-20-10-6-5-7-18(20)11-14-25(28)35)12-13-22-27(23)33(39)34(32(22)38)19-8-3-2-4-9-19/h2-12,14-15,22-23,27,30,35H,13,16H2,1H3. The average molecular weight is 516 g/mol. The van der Waals surface area contributed by atoms with E-state index in [1.165, 1.54) is 11.0 Å². The Morgan fingerprint density at radius 3 is 2.38 bits per heavy atom. The van der Waals surface area contributed by atoms with E-state index in [9.17, 15) is 24.3 Å². The lowest BCUT2D eigenvalue weighted by molar-refractivity contribution is -0.123. The van der Waals surface area contributed by atoms with Gasteiger partial charge in [-0.1, -0.05) is 60.2 Å². The molecular formula is C33H25NO5. The number of ketones is 2. The third-order valence-corrected chi connectivity index (χ3v) is 8.81. The van der Waals surface area contributed by atoms with Crippen LogP contribution in [0.25, 0.3) is 10.8 Å². The number of imide groups is 1. The van der Waals surface area contributed by atoms with Gasteiger partial charge in [0.15, 0.2) is 11.6 Å². The van der Waals surface area contributed by atoms with Crippen LogP contribution in [-0.2, 0) is 19.2 Å². The van der Waals surface area contributed by atoms with Crippen LogP contribution in [0.3, 0.4) is 0 Å². The number of Topliss-reactive ketones (excluding diaryl/α,β-unsaturated/α-hetero) is 1. The number of allylic oxidation sites excluding steroid dienone is 6. The van der Waals surface area contributed by atoms with E-state index in [0.29, 0.717) is 34.4 Å². The Morgan fingerprint density at radius 2 is 1.59 bits per heavy atom. The predicted molar refractivity (Wildman–Crippen MR) is 146 cm³/mol. The molecule has 1 N–H and O–H groups in total. The van der Waals surface area contributed by atoms with Crippen molar-refractivity contribution in [2.75, 3.05) is 4.90 Å². The van der Waals surface area contributed by atoms with E-state index >= 15 is 0 Å². The molecule has 0 saturated carbocycles. The van der Waals surface area contributed by atoms with E-state index in [2.05, 4.69) is 0 Å². The predicted octanol–water partition coefficient (Wildman–Crippen LogP) is 5.18. The molecule has 3 aromatic carbocycles. The summed E-state index contributed by atoms with van der Waals surface area (Å²) in [5, 5.41) is 12.9. The summed E-state index contributed by atoms with van der Waals surface area (Å²) in [7, 11) is 0. The highest BCUT2D eigenvalue weighted by molar-refractivity contribution is 6.25. The van der Waals surface area contributed by atoms with Gasteiger partial charge in [-0.2, -0.15) is 0 Å². The lowest BCUT2D eigenvalue weighted by Crippen LogP contribution is -2.39. The zero-order chi connectivity index (χ0) is 27.0. The Hall–Kier alpha value is -4.58. The van der Waals surface area contributed by atoms with Gasteiger partial charge in [0.05, 0.1) is 17.5 Å². The lowest BCUT2D eigenvalue weighted by atomic mass is 9.59.